The molecule has 1 unspecified atom stereocenters. The summed E-state index contributed by atoms with van der Waals surface area (Å²) in [7, 11) is -3.71. The average molecular weight is 382 g/mol. The van der Waals surface area contributed by atoms with Gasteiger partial charge in [0.25, 0.3) is 10.2 Å². The second-order valence-electron chi connectivity index (χ2n) is 6.66. The first-order valence-corrected chi connectivity index (χ1v) is 9.29. The molecule has 1 saturated carbocycles. The molecule has 1 atom stereocenters. The number of piperidine rings is 1. The first-order chi connectivity index (χ1) is 11.5. The summed E-state index contributed by atoms with van der Waals surface area (Å²) in [5.41, 5.74) is -1.12. The van der Waals surface area contributed by atoms with Crippen molar-refractivity contribution in [2.45, 2.75) is 25.4 Å². The predicted octanol–water partition coefficient (Wildman–Crippen LogP) is 2.53. The van der Waals surface area contributed by atoms with Gasteiger partial charge in [-0.2, -0.15) is 25.9 Å². The van der Waals surface area contributed by atoms with Gasteiger partial charge in [0.15, 0.2) is 0 Å². The molecule has 2 aliphatic rings. The van der Waals surface area contributed by atoms with Crippen molar-refractivity contribution in [1.29, 1.82) is 0 Å². The van der Waals surface area contributed by atoms with E-state index in [0.717, 1.165) is 18.6 Å². The molecule has 5 nitrogen and oxygen atoms in total. The Kier molecular flexibility index (Phi) is 4.49. The van der Waals surface area contributed by atoms with Gasteiger partial charge in [-0.15, -0.1) is 0 Å². The molecule has 0 aromatic heterocycles. The smallest absolute Gasteiger partial charge is 0.419 e. The molecule has 1 heterocycles. The van der Waals surface area contributed by atoms with Crippen LogP contribution >= 0.6 is 0 Å². The van der Waals surface area contributed by atoms with E-state index >= 15 is 0 Å². The lowest BCUT2D eigenvalue weighted by Crippen LogP contribution is -2.43. The van der Waals surface area contributed by atoms with Gasteiger partial charge in [-0.25, -0.2) is 9.53 Å². The van der Waals surface area contributed by atoms with Crippen LogP contribution in [0.3, 0.4) is 0 Å². The highest BCUT2D eigenvalue weighted by molar-refractivity contribution is 7.86. The molecule has 1 spiro atoms. The summed E-state index contributed by atoms with van der Waals surface area (Å²) >= 11 is 0. The van der Waals surface area contributed by atoms with Gasteiger partial charge in [0.1, 0.15) is 11.6 Å². The Morgan fingerprint density at radius 1 is 1.28 bits per heavy atom. The molecular weight excluding hydrogens is 364 g/mol. The Morgan fingerprint density at radius 3 is 2.48 bits per heavy atom. The summed E-state index contributed by atoms with van der Waals surface area (Å²) in [6.07, 6.45) is -2.69. The van der Waals surface area contributed by atoms with Crippen LogP contribution in [0.2, 0.25) is 0 Å². The lowest BCUT2D eigenvalue weighted by molar-refractivity contribution is -0.139. The van der Waals surface area contributed by atoms with Crippen LogP contribution in [0.15, 0.2) is 18.2 Å². The van der Waals surface area contributed by atoms with Crippen molar-refractivity contribution >= 4 is 10.2 Å². The topological polar surface area (TPSA) is 72.6 Å². The largest absolute Gasteiger partial charge is 0.493 e. The molecule has 0 radical (unpaired) electrons. The average Bonchev–Trinajstić information content (AvgIpc) is 3.15. The maximum atomic E-state index is 13.3. The number of hydrogen-bond donors (Lipinski definition) is 1. The van der Waals surface area contributed by atoms with Crippen LogP contribution in [0.1, 0.15) is 24.8 Å². The van der Waals surface area contributed by atoms with Gasteiger partial charge in [-0.05, 0) is 42.7 Å². The minimum Gasteiger partial charge on any atom is -0.493 e. The van der Waals surface area contributed by atoms with E-state index in [-0.39, 0.29) is 17.9 Å². The fourth-order valence-corrected chi connectivity index (χ4v) is 4.20. The number of alkyl halides is 3. The molecule has 1 aromatic rings. The van der Waals surface area contributed by atoms with Gasteiger partial charge in [-0.3, -0.25) is 0 Å². The van der Waals surface area contributed by atoms with Crippen LogP contribution < -0.4 is 9.88 Å². The van der Waals surface area contributed by atoms with E-state index in [4.69, 9.17) is 9.88 Å². The number of rotatable bonds is 4. The van der Waals surface area contributed by atoms with Crippen LogP contribution in [-0.2, 0) is 16.4 Å². The zero-order valence-electron chi connectivity index (χ0n) is 13.2. The maximum absolute atomic E-state index is 13.3. The summed E-state index contributed by atoms with van der Waals surface area (Å²) in [5, 5.41) is 5.09. The van der Waals surface area contributed by atoms with Gasteiger partial charge >= 0.3 is 6.18 Å². The van der Waals surface area contributed by atoms with E-state index in [1.807, 2.05) is 0 Å². The third kappa shape index (κ3) is 3.90. The number of hydrogen-bond acceptors (Lipinski definition) is 3. The van der Waals surface area contributed by atoms with Gasteiger partial charge in [0.2, 0.25) is 0 Å². The van der Waals surface area contributed by atoms with E-state index in [9.17, 15) is 26.0 Å². The van der Waals surface area contributed by atoms with Gasteiger partial charge in [-0.1, -0.05) is 0 Å². The molecule has 1 aliphatic heterocycles. The van der Waals surface area contributed by atoms with Crippen LogP contribution in [-0.4, -0.2) is 32.4 Å². The molecule has 10 heteroatoms. The normalized spacial score (nSPS) is 23.6. The molecule has 0 bridgehead atoms. The summed E-state index contributed by atoms with van der Waals surface area (Å²) < 4.78 is 81.2. The third-order valence-corrected chi connectivity index (χ3v) is 6.21. The van der Waals surface area contributed by atoms with Crippen molar-refractivity contribution in [3.05, 3.63) is 29.6 Å². The highest BCUT2D eigenvalue weighted by Crippen LogP contribution is 2.59. The molecule has 2 N–H and O–H groups in total. The van der Waals surface area contributed by atoms with E-state index in [2.05, 4.69) is 0 Å². The van der Waals surface area contributed by atoms with E-state index < -0.39 is 33.5 Å². The second-order valence-corrected chi connectivity index (χ2v) is 8.20. The van der Waals surface area contributed by atoms with Crippen molar-refractivity contribution < 1.29 is 30.7 Å². The monoisotopic (exact) mass is 382 g/mol. The maximum Gasteiger partial charge on any atom is 0.419 e. The number of benzene rings is 1. The Balaban J connectivity index is 1.61. The van der Waals surface area contributed by atoms with Crippen LogP contribution in [0.5, 0.6) is 5.75 Å². The van der Waals surface area contributed by atoms with Crippen molar-refractivity contribution in [2.24, 2.45) is 16.5 Å². The first kappa shape index (κ1) is 18.4. The van der Waals surface area contributed by atoms with Crippen LogP contribution in [0, 0.1) is 17.2 Å². The molecule has 1 aliphatic carbocycles. The molecule has 140 valence electrons. The Morgan fingerprint density at radius 2 is 1.92 bits per heavy atom. The molecule has 2 fully saturated rings. The second kappa shape index (κ2) is 6.10. The van der Waals surface area contributed by atoms with Gasteiger partial charge in [0, 0.05) is 19.2 Å². The number of nitrogens with two attached hydrogens (primary N) is 1. The first-order valence-electron chi connectivity index (χ1n) is 7.79. The molecule has 25 heavy (non-hydrogen) atoms. The summed E-state index contributed by atoms with van der Waals surface area (Å²) in [6.45, 7) is 0.633. The molecule has 1 saturated heterocycles. The van der Waals surface area contributed by atoms with E-state index in [1.54, 1.807) is 0 Å². The lowest BCUT2D eigenvalue weighted by atomic mass is 9.92. The zero-order chi connectivity index (χ0) is 18.5. The third-order valence-electron chi connectivity index (χ3n) is 5.13. The van der Waals surface area contributed by atoms with Crippen molar-refractivity contribution in [2.75, 3.05) is 19.7 Å². The number of ether oxygens (including phenoxy) is 1. The fraction of sp³-hybridized carbons (Fsp3) is 0.600. The summed E-state index contributed by atoms with van der Waals surface area (Å²) in [4.78, 5) is 0. The Hall–Kier alpha value is -1.39. The highest BCUT2D eigenvalue weighted by atomic mass is 32.2. The standard InChI is InChI=1S/C15H18F4N2O3S/c16-11-1-2-12(15(17,18)19)13(7-11)24-9-10-8-14(10)3-5-21(6-4-14)25(20,22)23/h1-2,7,10H,3-6,8-9H2,(H2,20,22,23). The SMILES string of the molecule is NS(=O)(=O)N1CCC2(CC1)CC2COc1cc(F)ccc1C(F)(F)F. The molecule has 0 amide bonds. The van der Waals surface area contributed by atoms with Crippen molar-refractivity contribution in [3.8, 4) is 5.75 Å². The molecule has 3 rings (SSSR count). The highest BCUT2D eigenvalue weighted by Gasteiger charge is 2.55. The minimum atomic E-state index is -4.62. The van der Waals surface area contributed by atoms with Crippen LogP contribution in [0.25, 0.3) is 0 Å². The van der Waals surface area contributed by atoms with Gasteiger partial charge in [0.05, 0.1) is 12.2 Å². The quantitative estimate of drug-likeness (QED) is 0.814. The lowest BCUT2D eigenvalue weighted by Gasteiger charge is -2.30. The summed E-state index contributed by atoms with van der Waals surface area (Å²) in [6, 6.07) is 2.15. The van der Waals surface area contributed by atoms with E-state index in [1.165, 1.54) is 4.31 Å². The molecule has 1 aromatic carbocycles. The Bertz CT molecular complexity index is 759. The van der Waals surface area contributed by atoms with E-state index in [0.29, 0.717) is 32.0 Å². The summed E-state index contributed by atoms with van der Waals surface area (Å²) in [5.74, 6) is -1.29. The minimum absolute atomic E-state index is 0.0273. The zero-order valence-corrected chi connectivity index (χ0v) is 14.0. The Labute approximate surface area is 142 Å². The fourth-order valence-electron chi connectivity index (χ4n) is 3.51. The van der Waals surface area contributed by atoms with Crippen molar-refractivity contribution in [3.63, 3.8) is 0 Å². The number of nitrogens with zero attached hydrogens (tertiary/aromatic N) is 1. The van der Waals surface area contributed by atoms with Crippen molar-refractivity contribution in [1.82, 2.24) is 4.31 Å². The van der Waals surface area contributed by atoms with Gasteiger partial charge < -0.3 is 4.74 Å². The van der Waals surface area contributed by atoms with Crippen LogP contribution in [0.4, 0.5) is 17.6 Å². The molecular formula is C15H18F4N2O3S. The predicted molar refractivity (Wildman–Crippen MR) is 81.4 cm³/mol. The number of halogens is 4.